The number of amides is 6. The highest BCUT2D eigenvalue weighted by molar-refractivity contribution is 6.04. The molecule has 2 unspecified atom stereocenters. The summed E-state index contributed by atoms with van der Waals surface area (Å²) in [5, 5.41) is 9.03. The van der Waals surface area contributed by atoms with Crippen LogP contribution in [0.15, 0.2) is 36.4 Å². The minimum atomic E-state index is -0.853. The second kappa shape index (κ2) is 41.0. The van der Waals surface area contributed by atoms with E-state index in [0.29, 0.717) is 100 Å². The summed E-state index contributed by atoms with van der Waals surface area (Å²) in [6.07, 6.45) is 4.11. The van der Waals surface area contributed by atoms with Crippen LogP contribution in [0.3, 0.4) is 0 Å². The number of carbonyl (C=O) groups excluding carboxylic acids is 11. The molecule has 6 amide bonds. The van der Waals surface area contributed by atoms with Crippen LogP contribution >= 0.6 is 0 Å². The Bertz CT molecular complexity index is 3120. The van der Waals surface area contributed by atoms with Crippen LogP contribution in [0.25, 0.3) is 0 Å². The van der Waals surface area contributed by atoms with Crippen LogP contribution in [0.2, 0.25) is 0 Å². The molecule has 2 aliphatic rings. The van der Waals surface area contributed by atoms with Crippen LogP contribution in [0.4, 0.5) is 15.3 Å². The number of aryl methyl sites for hydroxylation is 6. The highest BCUT2D eigenvalue weighted by Gasteiger charge is 2.36. The van der Waals surface area contributed by atoms with Gasteiger partial charge in [-0.15, -0.1) is 0 Å². The molecule has 5 rings (SSSR count). The minimum absolute atomic E-state index is 0.00376. The molecule has 2 atom stereocenters. The number of rotatable bonds is 34. The fraction of sp³-hybridized carbons (Fsp3) is 0.597. The summed E-state index contributed by atoms with van der Waals surface area (Å²) in [5.74, 6) is -0.893. The van der Waals surface area contributed by atoms with Gasteiger partial charge in [0.1, 0.15) is 43.7 Å². The number of carbonyl (C=O) groups is 11. The summed E-state index contributed by atoms with van der Waals surface area (Å²) in [6, 6.07) is 11.4. The van der Waals surface area contributed by atoms with E-state index in [0.717, 1.165) is 46.3 Å². The first-order valence-electron chi connectivity index (χ1n) is 33.0. The number of imide groups is 2. The Kier molecular flexibility index (Phi) is 35.0. The van der Waals surface area contributed by atoms with Crippen LogP contribution in [0, 0.1) is 53.4 Å². The van der Waals surface area contributed by atoms with E-state index >= 15 is 0 Å². The number of hydrogen-bond acceptors (Lipinski definition) is 20. The second-order valence-corrected chi connectivity index (χ2v) is 26.2. The summed E-state index contributed by atoms with van der Waals surface area (Å²) in [7, 11) is 0. The molecule has 0 saturated carbocycles. The molecule has 0 spiro atoms. The monoisotopic (exact) mass is 1340 g/mol. The van der Waals surface area contributed by atoms with E-state index in [1.807, 2.05) is 33.8 Å². The average Bonchev–Trinajstić information content (AvgIpc) is 1.09. The minimum Gasteiger partial charge on any atom is -0.461 e. The number of Topliss-reactive ketones (excluding diaryl/α,β-unsaturated/α-hetero) is 1. The Morgan fingerprint density at radius 2 is 0.938 bits per heavy atom. The number of ketones is 1. The topological polar surface area (TPSA) is 304 Å². The summed E-state index contributed by atoms with van der Waals surface area (Å²) >= 11 is 0. The Morgan fingerprint density at radius 3 is 1.33 bits per heavy atom. The third-order valence-corrected chi connectivity index (χ3v) is 15.2. The molecule has 3 N–H and O–H groups in total. The number of likely N-dealkylation sites (tertiary alicyclic amines) is 2. The summed E-state index contributed by atoms with van der Waals surface area (Å²) in [4.78, 5) is 132. The third kappa shape index (κ3) is 30.7. The number of unbranched alkanes of at least 4 members (excludes halogenated alkanes) is 4. The Labute approximate surface area is 566 Å². The maximum atomic E-state index is 12.3. The molecule has 24 heteroatoms. The van der Waals surface area contributed by atoms with Crippen molar-refractivity contribution < 1.29 is 90.6 Å². The van der Waals surface area contributed by atoms with Crippen LogP contribution in [0.1, 0.15) is 190 Å². The van der Waals surface area contributed by atoms with Crippen molar-refractivity contribution in [2.24, 2.45) is 11.8 Å². The molecule has 2 saturated heterocycles. The zero-order valence-corrected chi connectivity index (χ0v) is 59.5. The molecule has 24 nitrogen and oxygen atoms in total. The molecule has 0 bridgehead atoms. The predicted octanol–water partition coefficient (Wildman–Crippen LogP) is 10.7. The van der Waals surface area contributed by atoms with Crippen molar-refractivity contribution in [3.63, 3.8) is 0 Å². The van der Waals surface area contributed by atoms with Gasteiger partial charge in [0.2, 0.25) is 35.4 Å². The zero-order valence-electron chi connectivity index (χ0n) is 59.5. The number of nitrogens with zero attached hydrogens (tertiary/aromatic N) is 2. The molecular formula is C72H105N5O19. The Hall–Kier alpha value is -8.25. The van der Waals surface area contributed by atoms with Crippen molar-refractivity contribution in [3.05, 3.63) is 86.5 Å². The van der Waals surface area contributed by atoms with Crippen molar-refractivity contribution in [3.8, 4) is 11.5 Å². The molecular weight excluding hydrogens is 1240 g/mol. The van der Waals surface area contributed by atoms with Crippen LogP contribution in [-0.4, -0.2) is 147 Å². The van der Waals surface area contributed by atoms with E-state index in [1.165, 1.54) is 34.8 Å². The predicted molar refractivity (Wildman–Crippen MR) is 360 cm³/mol. The van der Waals surface area contributed by atoms with E-state index in [4.69, 9.17) is 37.9 Å². The van der Waals surface area contributed by atoms with Crippen LogP contribution < -0.4 is 25.4 Å². The molecule has 3 aromatic carbocycles. The van der Waals surface area contributed by atoms with Gasteiger partial charge in [0.25, 0.3) is 0 Å². The SMILES string of the molecule is CC(=O)CC(C)(C)c1c(C)cc(C)cc1OC(=O)OCCOCCNC(=O)CCCCCN1C(=O)CC(C)C1=O.CC(=O)OCc1cc(C)c(NC(C)(C)C)c(C)c1.CC(=O)OCc1cc(C)c(OC(=O)OCCOCCNC(=O)CCCCCN2C(=O)CC(C)C2=O)c(C)c1. The van der Waals surface area contributed by atoms with Gasteiger partial charge < -0.3 is 53.8 Å². The Morgan fingerprint density at radius 1 is 0.510 bits per heavy atom. The van der Waals surface area contributed by atoms with Gasteiger partial charge in [0.15, 0.2) is 0 Å². The number of benzene rings is 3. The number of anilines is 1. The van der Waals surface area contributed by atoms with E-state index in [-0.39, 0.29) is 130 Å². The Balaban J connectivity index is 0.000000401. The smallest absolute Gasteiger partial charge is 0.461 e. The molecule has 0 aliphatic carbocycles. The molecule has 532 valence electrons. The van der Waals surface area contributed by atoms with Gasteiger partial charge in [0, 0.05) is 106 Å². The molecule has 0 aromatic heterocycles. The number of hydrogen-bond donors (Lipinski definition) is 3. The largest absolute Gasteiger partial charge is 0.513 e. The first-order valence-corrected chi connectivity index (χ1v) is 33.0. The van der Waals surface area contributed by atoms with Crippen molar-refractivity contribution in [2.75, 3.05) is 71.1 Å². The lowest BCUT2D eigenvalue weighted by Crippen LogP contribution is -2.31. The fourth-order valence-corrected chi connectivity index (χ4v) is 11.1. The van der Waals surface area contributed by atoms with Gasteiger partial charge in [0.05, 0.1) is 26.4 Å². The highest BCUT2D eigenvalue weighted by atomic mass is 16.7. The number of esters is 2. The van der Waals surface area contributed by atoms with E-state index in [1.54, 1.807) is 52.8 Å². The van der Waals surface area contributed by atoms with E-state index in [2.05, 4.69) is 62.7 Å². The maximum absolute atomic E-state index is 12.3. The van der Waals surface area contributed by atoms with E-state index in [9.17, 15) is 52.7 Å². The highest BCUT2D eigenvalue weighted by Crippen LogP contribution is 2.38. The zero-order chi connectivity index (χ0) is 71.9. The lowest BCUT2D eigenvalue weighted by atomic mass is 9.77. The quantitative estimate of drug-likeness (QED) is 0.0164. The number of ether oxygens (including phenoxy) is 8. The van der Waals surface area contributed by atoms with Gasteiger partial charge in [-0.1, -0.05) is 58.7 Å². The van der Waals surface area contributed by atoms with Crippen LogP contribution in [-0.2, 0) is 90.2 Å². The van der Waals surface area contributed by atoms with Gasteiger partial charge in [-0.2, -0.15) is 0 Å². The molecule has 96 heavy (non-hydrogen) atoms. The summed E-state index contributed by atoms with van der Waals surface area (Å²) in [6.45, 7) is 32.4. The molecule has 2 heterocycles. The molecule has 2 aliphatic heterocycles. The second-order valence-electron chi connectivity index (χ2n) is 26.2. The van der Waals surface area contributed by atoms with Gasteiger partial charge in [-0.25, -0.2) is 9.59 Å². The van der Waals surface area contributed by atoms with Gasteiger partial charge in [-0.3, -0.25) is 53.0 Å². The van der Waals surface area contributed by atoms with Crippen molar-refractivity contribution in [1.82, 2.24) is 20.4 Å². The number of nitrogens with one attached hydrogen (secondary N) is 3. The van der Waals surface area contributed by atoms with Crippen molar-refractivity contribution in [2.45, 2.75) is 206 Å². The first-order chi connectivity index (χ1) is 45.1. The standard InChI is InChI=1S/C30H44N2O8.C27H38N2O9.C15H23NO2/c1-20-16-21(2)27(30(5,6)19-23(4)33)24(17-20)40-29(37)39-15-14-38-13-11-31-25(34)10-8-7-9-12-32-26(35)18-22(3)28(32)36;1-18-14-22(17-37-21(4)30)15-19(2)25(18)38-27(34)36-13-12-35-11-9-28-23(31)8-6-5-7-10-29-24(32)16-20(3)26(29)33;1-10-7-13(9-18-12(3)17)8-11(2)14(10)16-15(4,5)6/h16-17,22H,7-15,18-19H2,1-6H3,(H,31,34);14-15,20H,5-13,16-17H2,1-4H3,(H,28,31);7-8,16H,9H2,1-6H3. The normalized spacial score (nSPS) is 14.4. The first kappa shape index (κ1) is 82.0. The van der Waals surface area contributed by atoms with Crippen molar-refractivity contribution >= 4 is 71.2 Å². The molecule has 0 radical (unpaired) electrons. The third-order valence-electron chi connectivity index (χ3n) is 15.2. The summed E-state index contributed by atoms with van der Waals surface area (Å²) < 4.78 is 41.8. The van der Waals surface area contributed by atoms with E-state index < -0.39 is 17.7 Å². The van der Waals surface area contributed by atoms with Gasteiger partial charge in [-0.05, 0) is 158 Å². The van der Waals surface area contributed by atoms with Gasteiger partial charge >= 0.3 is 24.2 Å². The van der Waals surface area contributed by atoms with Crippen molar-refractivity contribution in [1.29, 1.82) is 0 Å². The fourth-order valence-electron chi connectivity index (χ4n) is 11.1. The average molecular weight is 1340 g/mol. The molecule has 3 aromatic rings. The molecule has 2 fully saturated rings. The summed E-state index contributed by atoms with van der Waals surface area (Å²) in [5.41, 5.74) is 8.93. The lowest BCUT2D eigenvalue weighted by molar-refractivity contribution is -0.143. The van der Waals surface area contributed by atoms with Crippen LogP contribution in [0.5, 0.6) is 11.5 Å². The lowest BCUT2D eigenvalue weighted by Gasteiger charge is -2.28. The maximum Gasteiger partial charge on any atom is 0.513 e.